The first-order valence-electron chi connectivity index (χ1n) is 6.72. The molecular weight excluding hydrogens is 266 g/mol. The molecule has 1 amide bonds. The fraction of sp³-hybridized carbons (Fsp3) is 0.0667. The second-order valence-corrected chi connectivity index (χ2v) is 4.44. The van der Waals surface area contributed by atoms with Crippen molar-refractivity contribution in [1.29, 1.82) is 5.26 Å². The number of carbonyl (C=O) groups is 1. The van der Waals surface area contributed by atoms with E-state index in [9.17, 15) is 4.79 Å². The van der Waals surface area contributed by atoms with Gasteiger partial charge in [0.2, 0.25) is 5.91 Å². The van der Waals surface area contributed by atoms with Gasteiger partial charge in [-0.3, -0.25) is 4.79 Å². The maximum atomic E-state index is 11.2. The summed E-state index contributed by atoms with van der Waals surface area (Å²) < 4.78 is 9.33. The molecule has 2 aromatic heterocycles. The predicted molar refractivity (Wildman–Crippen MR) is 77.4 cm³/mol. The van der Waals surface area contributed by atoms with Gasteiger partial charge in [-0.15, -0.1) is 0 Å². The Morgan fingerprint density at radius 3 is 3.10 bits per heavy atom. The highest BCUT2D eigenvalue weighted by molar-refractivity contribution is 5.89. The Hall–Kier alpha value is -3.20. The fourth-order valence-corrected chi connectivity index (χ4v) is 2.09. The molecule has 0 aliphatic carbocycles. The third kappa shape index (κ3) is 2.32. The maximum absolute atomic E-state index is 11.2. The first-order valence-corrected chi connectivity index (χ1v) is 6.22. The molecule has 0 aliphatic heterocycles. The van der Waals surface area contributed by atoms with Crippen LogP contribution >= 0.6 is 0 Å². The van der Waals surface area contributed by atoms with Crippen molar-refractivity contribution in [2.24, 2.45) is 0 Å². The lowest BCUT2D eigenvalue weighted by molar-refractivity contribution is -0.114. The largest absolute Gasteiger partial charge is 0.326 e. The molecule has 21 heavy (non-hydrogen) atoms. The number of fused-ring (bicyclic) bond motifs is 1. The average molecular weight is 278 g/mol. The van der Waals surface area contributed by atoms with E-state index in [4.69, 9.17) is 6.63 Å². The Morgan fingerprint density at radius 2 is 2.33 bits per heavy atom. The van der Waals surface area contributed by atoms with Crippen molar-refractivity contribution in [2.45, 2.75) is 6.92 Å². The number of nitriles is 1. The Balaban J connectivity index is 2.20. The van der Waals surface area contributed by atoms with Crippen molar-refractivity contribution in [1.82, 2.24) is 14.6 Å². The molecule has 0 fully saturated rings. The molecule has 0 bridgehead atoms. The highest BCUT2D eigenvalue weighted by Crippen LogP contribution is 2.23. The second-order valence-electron chi connectivity index (χ2n) is 4.44. The van der Waals surface area contributed by atoms with Gasteiger partial charge in [0.15, 0.2) is 5.65 Å². The molecule has 1 N–H and O–H groups in total. The number of nitrogens with zero attached hydrogens (tertiary/aromatic N) is 4. The average Bonchev–Trinajstić information content (AvgIpc) is 2.88. The molecule has 3 rings (SSSR count). The quantitative estimate of drug-likeness (QED) is 0.779. The summed E-state index contributed by atoms with van der Waals surface area (Å²) in [5, 5.41) is 15.9. The van der Waals surface area contributed by atoms with E-state index < -0.39 is 0 Å². The van der Waals surface area contributed by atoms with Crippen LogP contribution < -0.4 is 5.32 Å². The van der Waals surface area contributed by atoms with E-state index >= 15 is 0 Å². The van der Waals surface area contributed by atoms with Crippen LogP contribution in [0.5, 0.6) is 0 Å². The Morgan fingerprint density at radius 1 is 1.48 bits per heavy atom. The second kappa shape index (κ2) is 5.06. The van der Waals surface area contributed by atoms with E-state index in [0.717, 1.165) is 5.56 Å². The summed E-state index contributed by atoms with van der Waals surface area (Å²) in [7, 11) is 0. The van der Waals surface area contributed by atoms with E-state index in [-0.39, 0.29) is 12.1 Å². The standard InChI is InChI=1S/C15H11N5O/c1-10(21)19-13-4-2-3-11(7-13)14-5-6-17-15-12(8-16)9-18-20(14)15/h2-7,9H,1H3,(H,19,21)/i6D. The van der Waals surface area contributed by atoms with Crippen LogP contribution in [0, 0.1) is 11.3 Å². The Bertz CT molecular complexity index is 925. The third-order valence-electron chi connectivity index (χ3n) is 2.94. The van der Waals surface area contributed by atoms with Gasteiger partial charge in [-0.25, -0.2) is 9.50 Å². The summed E-state index contributed by atoms with van der Waals surface area (Å²) in [6.07, 6.45) is 1.47. The maximum Gasteiger partial charge on any atom is 0.221 e. The molecule has 0 saturated heterocycles. The van der Waals surface area contributed by atoms with Gasteiger partial charge in [0, 0.05) is 24.3 Å². The van der Waals surface area contributed by atoms with Gasteiger partial charge in [-0.1, -0.05) is 12.1 Å². The summed E-state index contributed by atoms with van der Waals surface area (Å²) in [6.45, 7) is 1.44. The SMILES string of the molecule is [2H]c1cc(-c2cccc(NC(C)=O)c2)n2ncc(C#N)c2n1. The molecule has 0 spiro atoms. The molecule has 0 unspecified atom stereocenters. The van der Waals surface area contributed by atoms with Gasteiger partial charge in [-0.05, 0) is 18.2 Å². The van der Waals surface area contributed by atoms with Crippen LogP contribution in [0.25, 0.3) is 16.9 Å². The van der Waals surface area contributed by atoms with Crippen LogP contribution in [0.3, 0.4) is 0 Å². The van der Waals surface area contributed by atoms with Crippen LogP contribution in [-0.2, 0) is 4.79 Å². The van der Waals surface area contributed by atoms with Crippen molar-refractivity contribution < 1.29 is 6.17 Å². The Labute approximate surface area is 122 Å². The summed E-state index contributed by atoms with van der Waals surface area (Å²) in [5.74, 6) is -0.163. The normalized spacial score (nSPS) is 11.0. The predicted octanol–water partition coefficient (Wildman–Crippen LogP) is 2.23. The lowest BCUT2D eigenvalue weighted by Gasteiger charge is -2.07. The summed E-state index contributed by atoms with van der Waals surface area (Å²) in [5.41, 5.74) is 2.70. The van der Waals surface area contributed by atoms with Crippen LogP contribution in [0.4, 0.5) is 5.69 Å². The van der Waals surface area contributed by atoms with Crippen molar-refractivity contribution in [3.63, 3.8) is 0 Å². The molecule has 6 heteroatoms. The topological polar surface area (TPSA) is 83.1 Å². The number of amides is 1. The van der Waals surface area contributed by atoms with Gasteiger partial charge in [-0.2, -0.15) is 10.4 Å². The number of carbonyl (C=O) groups excluding carboxylic acids is 1. The molecular formula is C15H11N5O. The number of rotatable bonds is 2. The van der Waals surface area contributed by atoms with Crippen molar-refractivity contribution in [3.8, 4) is 17.3 Å². The number of aromatic nitrogens is 3. The minimum atomic E-state index is -0.163. The first kappa shape index (κ1) is 11.6. The lowest BCUT2D eigenvalue weighted by atomic mass is 10.1. The zero-order valence-corrected chi connectivity index (χ0v) is 11.2. The van der Waals surface area contributed by atoms with Crippen molar-refractivity contribution in [3.05, 3.63) is 48.3 Å². The fourth-order valence-electron chi connectivity index (χ4n) is 2.09. The number of benzene rings is 1. The van der Waals surface area contributed by atoms with Crippen molar-refractivity contribution >= 4 is 17.2 Å². The minimum absolute atomic E-state index is 0.0458. The molecule has 1 aromatic carbocycles. The minimum Gasteiger partial charge on any atom is -0.326 e. The summed E-state index contributed by atoms with van der Waals surface area (Å²) in [6, 6.07) is 10.8. The molecule has 102 valence electrons. The van der Waals surface area contributed by atoms with Gasteiger partial charge in [0.05, 0.1) is 13.3 Å². The van der Waals surface area contributed by atoms with Crippen molar-refractivity contribution in [2.75, 3.05) is 5.32 Å². The number of nitrogens with one attached hydrogen (secondary N) is 1. The molecule has 2 heterocycles. The van der Waals surface area contributed by atoms with Gasteiger partial charge in [0.25, 0.3) is 0 Å². The van der Waals surface area contributed by atoms with Crippen LogP contribution in [0.1, 0.15) is 13.9 Å². The van der Waals surface area contributed by atoms with Gasteiger partial charge in [0.1, 0.15) is 11.6 Å². The van der Waals surface area contributed by atoms with E-state index in [1.807, 2.05) is 12.1 Å². The van der Waals surface area contributed by atoms with E-state index in [2.05, 4.69) is 15.4 Å². The molecule has 3 aromatic rings. The van der Waals surface area contributed by atoms with E-state index in [1.165, 1.54) is 17.6 Å². The van der Waals surface area contributed by atoms with E-state index in [1.54, 1.807) is 24.3 Å². The third-order valence-corrected chi connectivity index (χ3v) is 2.94. The number of anilines is 1. The van der Waals surface area contributed by atoms with Crippen LogP contribution in [0.2, 0.25) is 0 Å². The molecule has 0 aliphatic rings. The lowest BCUT2D eigenvalue weighted by Crippen LogP contribution is -2.05. The molecule has 6 nitrogen and oxygen atoms in total. The summed E-state index contributed by atoms with van der Waals surface area (Å²) in [4.78, 5) is 15.2. The zero-order valence-electron chi connectivity index (χ0n) is 12.2. The smallest absolute Gasteiger partial charge is 0.221 e. The summed E-state index contributed by atoms with van der Waals surface area (Å²) >= 11 is 0. The monoisotopic (exact) mass is 278 g/mol. The van der Waals surface area contributed by atoms with Gasteiger partial charge >= 0.3 is 0 Å². The molecule has 0 saturated carbocycles. The number of hydrogen-bond donors (Lipinski definition) is 1. The zero-order chi connectivity index (χ0) is 15.7. The highest BCUT2D eigenvalue weighted by Gasteiger charge is 2.10. The molecule has 0 atom stereocenters. The first-order chi connectivity index (χ1) is 10.6. The van der Waals surface area contributed by atoms with Crippen LogP contribution in [-0.4, -0.2) is 20.5 Å². The van der Waals surface area contributed by atoms with E-state index in [0.29, 0.717) is 22.6 Å². The Kier molecular flexibility index (Phi) is 2.80. The molecule has 0 radical (unpaired) electrons. The highest BCUT2D eigenvalue weighted by atomic mass is 16.1. The van der Waals surface area contributed by atoms with Crippen LogP contribution in [0.15, 0.2) is 42.7 Å². The number of hydrogen-bond acceptors (Lipinski definition) is 4. The van der Waals surface area contributed by atoms with Gasteiger partial charge < -0.3 is 5.32 Å².